The molecule has 22 heavy (non-hydrogen) atoms. The molecule has 118 valence electrons. The van der Waals surface area contributed by atoms with E-state index in [1.54, 1.807) is 10.9 Å². The van der Waals surface area contributed by atoms with Gasteiger partial charge in [0.2, 0.25) is 5.91 Å². The number of aryl methyl sites for hydroxylation is 1. The molecule has 0 aromatic carbocycles. The van der Waals surface area contributed by atoms with Crippen molar-refractivity contribution in [2.45, 2.75) is 26.6 Å². The predicted octanol–water partition coefficient (Wildman–Crippen LogP) is 0.801. The van der Waals surface area contributed by atoms with Gasteiger partial charge in [-0.2, -0.15) is 10.2 Å². The first kappa shape index (κ1) is 15.7. The molecule has 0 bridgehead atoms. The summed E-state index contributed by atoms with van der Waals surface area (Å²) in [6.07, 6.45) is 6.02. The molecule has 0 aliphatic carbocycles. The maximum Gasteiger partial charge on any atom is 0.338 e. The van der Waals surface area contributed by atoms with Gasteiger partial charge in [0.15, 0.2) is 0 Å². The minimum Gasteiger partial charge on any atom is -0.478 e. The van der Waals surface area contributed by atoms with Gasteiger partial charge in [-0.05, 0) is 6.92 Å². The Bertz CT molecular complexity index is 648. The van der Waals surface area contributed by atoms with Gasteiger partial charge in [-0.25, -0.2) is 9.48 Å². The van der Waals surface area contributed by atoms with Crippen LogP contribution in [-0.2, 0) is 22.8 Å². The van der Waals surface area contributed by atoms with Gasteiger partial charge < -0.3 is 15.2 Å². The molecule has 2 rings (SSSR count). The van der Waals surface area contributed by atoms with Crippen LogP contribution in [0.5, 0.6) is 0 Å². The molecule has 0 saturated carbocycles. The molecule has 0 unspecified atom stereocenters. The molecule has 2 N–H and O–H groups in total. The molecule has 0 atom stereocenters. The lowest BCUT2D eigenvalue weighted by Gasteiger charge is -2.03. The summed E-state index contributed by atoms with van der Waals surface area (Å²) in [7, 11) is 0. The SMILES string of the molecule is CCOCn1cc(NC(=O)CCn2cc(C(=O)O)cn2)cn1. The average molecular weight is 307 g/mol. The first-order chi connectivity index (χ1) is 10.6. The third kappa shape index (κ3) is 4.42. The van der Waals surface area contributed by atoms with Crippen LogP contribution in [0.2, 0.25) is 0 Å². The van der Waals surface area contributed by atoms with Crippen molar-refractivity contribution in [3.63, 3.8) is 0 Å². The van der Waals surface area contributed by atoms with Crippen molar-refractivity contribution in [3.8, 4) is 0 Å². The van der Waals surface area contributed by atoms with Crippen molar-refractivity contribution in [2.75, 3.05) is 11.9 Å². The number of nitrogens with zero attached hydrogens (tertiary/aromatic N) is 4. The summed E-state index contributed by atoms with van der Waals surface area (Å²) in [4.78, 5) is 22.5. The lowest BCUT2D eigenvalue weighted by molar-refractivity contribution is -0.116. The fraction of sp³-hybridized carbons (Fsp3) is 0.385. The van der Waals surface area contributed by atoms with Gasteiger partial charge >= 0.3 is 5.97 Å². The average Bonchev–Trinajstić information content (AvgIpc) is 3.12. The standard InChI is InChI=1S/C13H17N5O4/c1-2-22-9-18-8-11(6-15-18)16-12(19)3-4-17-7-10(5-14-17)13(20)21/h5-8H,2-4,9H2,1H3,(H,16,19)(H,20,21). The zero-order valence-corrected chi connectivity index (χ0v) is 12.1. The molecule has 0 aliphatic heterocycles. The minimum atomic E-state index is -1.04. The molecular weight excluding hydrogens is 290 g/mol. The van der Waals surface area contributed by atoms with Gasteiger partial charge in [0.05, 0.1) is 29.8 Å². The lowest BCUT2D eigenvalue weighted by Crippen LogP contribution is -2.14. The monoisotopic (exact) mass is 307 g/mol. The topological polar surface area (TPSA) is 111 Å². The van der Waals surface area contributed by atoms with Gasteiger partial charge in [-0.3, -0.25) is 9.48 Å². The predicted molar refractivity (Wildman–Crippen MR) is 76.3 cm³/mol. The van der Waals surface area contributed by atoms with Crippen LogP contribution in [-0.4, -0.2) is 43.2 Å². The van der Waals surface area contributed by atoms with Crippen molar-refractivity contribution >= 4 is 17.6 Å². The van der Waals surface area contributed by atoms with Crippen molar-refractivity contribution in [1.29, 1.82) is 0 Å². The van der Waals surface area contributed by atoms with Gasteiger partial charge in [-0.1, -0.05) is 0 Å². The lowest BCUT2D eigenvalue weighted by atomic mass is 10.3. The van der Waals surface area contributed by atoms with E-state index in [9.17, 15) is 9.59 Å². The number of aromatic carboxylic acids is 1. The van der Waals surface area contributed by atoms with Gasteiger partial charge in [0.25, 0.3) is 0 Å². The molecule has 0 aliphatic rings. The van der Waals surface area contributed by atoms with E-state index in [1.165, 1.54) is 23.3 Å². The molecule has 1 amide bonds. The van der Waals surface area contributed by atoms with Crippen molar-refractivity contribution in [2.24, 2.45) is 0 Å². The van der Waals surface area contributed by atoms with Crippen molar-refractivity contribution < 1.29 is 19.4 Å². The Morgan fingerprint density at radius 1 is 1.27 bits per heavy atom. The van der Waals surface area contributed by atoms with Crippen LogP contribution in [0.1, 0.15) is 23.7 Å². The number of hydrogen-bond donors (Lipinski definition) is 2. The molecule has 0 spiro atoms. The molecule has 2 aromatic heterocycles. The first-order valence-corrected chi connectivity index (χ1v) is 6.74. The second kappa shape index (κ2) is 7.36. The first-order valence-electron chi connectivity index (χ1n) is 6.74. The number of ether oxygens (including phenoxy) is 1. The van der Waals surface area contributed by atoms with E-state index in [-0.39, 0.29) is 17.9 Å². The Morgan fingerprint density at radius 3 is 2.73 bits per heavy atom. The van der Waals surface area contributed by atoms with E-state index >= 15 is 0 Å². The van der Waals surface area contributed by atoms with E-state index in [0.717, 1.165) is 0 Å². The Balaban J connectivity index is 1.79. The summed E-state index contributed by atoms with van der Waals surface area (Å²) < 4.78 is 8.19. The van der Waals surface area contributed by atoms with E-state index in [1.807, 2.05) is 6.92 Å². The molecule has 0 fully saturated rings. The maximum absolute atomic E-state index is 11.8. The highest BCUT2D eigenvalue weighted by atomic mass is 16.5. The van der Waals surface area contributed by atoms with Crippen LogP contribution in [0.4, 0.5) is 5.69 Å². The second-order valence-electron chi connectivity index (χ2n) is 4.49. The number of anilines is 1. The highest BCUT2D eigenvalue weighted by molar-refractivity contribution is 5.90. The maximum atomic E-state index is 11.8. The van der Waals surface area contributed by atoms with Crippen molar-refractivity contribution in [1.82, 2.24) is 19.6 Å². The normalized spacial score (nSPS) is 10.6. The van der Waals surface area contributed by atoms with Crippen LogP contribution in [0.15, 0.2) is 24.8 Å². The van der Waals surface area contributed by atoms with Crippen LogP contribution in [0.3, 0.4) is 0 Å². The van der Waals surface area contributed by atoms with Gasteiger partial charge in [0, 0.05) is 25.8 Å². The minimum absolute atomic E-state index is 0.0950. The third-order valence-corrected chi connectivity index (χ3v) is 2.79. The Morgan fingerprint density at radius 2 is 2.05 bits per heavy atom. The summed E-state index contributed by atoms with van der Waals surface area (Å²) in [6, 6.07) is 0. The van der Waals surface area contributed by atoms with E-state index < -0.39 is 5.97 Å². The van der Waals surface area contributed by atoms with Crippen LogP contribution < -0.4 is 5.32 Å². The number of carbonyl (C=O) groups excluding carboxylic acids is 1. The summed E-state index contributed by atoms with van der Waals surface area (Å²) in [5.41, 5.74) is 0.675. The highest BCUT2D eigenvalue weighted by Crippen LogP contribution is 2.06. The summed E-state index contributed by atoms with van der Waals surface area (Å²) >= 11 is 0. The zero-order chi connectivity index (χ0) is 15.9. The van der Waals surface area contributed by atoms with E-state index in [2.05, 4.69) is 15.5 Å². The number of aromatic nitrogens is 4. The number of rotatable bonds is 8. The number of amides is 1. The van der Waals surface area contributed by atoms with Crippen LogP contribution >= 0.6 is 0 Å². The summed E-state index contributed by atoms with van der Waals surface area (Å²) in [5.74, 6) is -1.25. The number of carboxylic acids is 1. The quantitative estimate of drug-likeness (QED) is 0.746. The number of hydrogen-bond acceptors (Lipinski definition) is 5. The van der Waals surface area contributed by atoms with E-state index in [4.69, 9.17) is 9.84 Å². The van der Waals surface area contributed by atoms with Gasteiger partial charge in [-0.15, -0.1) is 0 Å². The zero-order valence-electron chi connectivity index (χ0n) is 12.1. The van der Waals surface area contributed by atoms with Crippen LogP contribution in [0, 0.1) is 0 Å². The van der Waals surface area contributed by atoms with Gasteiger partial charge in [0.1, 0.15) is 6.73 Å². The Kier molecular flexibility index (Phi) is 5.26. The van der Waals surface area contributed by atoms with E-state index in [0.29, 0.717) is 25.6 Å². The largest absolute Gasteiger partial charge is 0.478 e. The Hall–Kier alpha value is -2.68. The smallest absolute Gasteiger partial charge is 0.338 e. The Labute approximate surface area is 126 Å². The molecule has 2 aromatic rings. The fourth-order valence-electron chi connectivity index (χ4n) is 1.72. The second-order valence-corrected chi connectivity index (χ2v) is 4.49. The highest BCUT2D eigenvalue weighted by Gasteiger charge is 2.08. The number of carboxylic acid groups (broad SMARTS) is 1. The fourth-order valence-corrected chi connectivity index (χ4v) is 1.72. The summed E-state index contributed by atoms with van der Waals surface area (Å²) in [6.45, 7) is 3.10. The molecule has 2 heterocycles. The van der Waals surface area contributed by atoms with Crippen LogP contribution in [0.25, 0.3) is 0 Å². The molecule has 0 radical (unpaired) electrons. The third-order valence-electron chi connectivity index (χ3n) is 2.79. The molecule has 9 heteroatoms. The van der Waals surface area contributed by atoms with Crippen molar-refractivity contribution in [3.05, 3.63) is 30.4 Å². The molecule has 0 saturated heterocycles. The number of nitrogens with one attached hydrogen (secondary N) is 1. The summed E-state index contributed by atoms with van der Waals surface area (Å²) in [5, 5.41) is 19.4. The molecular formula is C13H17N5O4. The number of carbonyl (C=O) groups is 2. The molecule has 9 nitrogen and oxygen atoms in total.